The van der Waals surface area contributed by atoms with Gasteiger partial charge in [-0.1, -0.05) is 18.6 Å². The van der Waals surface area contributed by atoms with E-state index in [0.29, 0.717) is 5.69 Å². The summed E-state index contributed by atoms with van der Waals surface area (Å²) in [6, 6.07) is 4.46. The maximum absolute atomic E-state index is 12.9. The molecule has 0 heterocycles. The van der Waals surface area contributed by atoms with E-state index in [1.807, 2.05) is 0 Å². The minimum atomic E-state index is -5.26. The summed E-state index contributed by atoms with van der Waals surface area (Å²) in [5.41, 5.74) is -3.97. The molecule has 2 N–H and O–H groups in total. The van der Waals surface area contributed by atoms with E-state index >= 15 is 0 Å². The minimum absolute atomic E-state index is 0. The summed E-state index contributed by atoms with van der Waals surface area (Å²) in [6.45, 7) is 0. The molecular formula is C12H15ClF3NO3. The number of hydrogen-bond acceptors (Lipinski definition) is 4. The number of hydrogen-bond donors (Lipinski definition) is 2. The number of rotatable bonds is 3. The molecule has 0 aliphatic heterocycles. The van der Waals surface area contributed by atoms with Gasteiger partial charge in [-0.15, -0.1) is 12.4 Å². The Hall–Kier alpha value is -1.91. The number of carbonyl (C=O) groups excluding carboxylic acids is 1. The van der Waals surface area contributed by atoms with Crippen LogP contribution in [0.2, 0.25) is 0 Å². The number of nitrogens with one attached hydrogen (secondary N) is 1. The van der Waals surface area contributed by atoms with Crippen LogP contribution in [0.3, 0.4) is 0 Å². The van der Waals surface area contributed by atoms with Gasteiger partial charge in [0.1, 0.15) is 6.11 Å². The Morgan fingerprint density at radius 2 is 1.90 bits per heavy atom. The zero-order chi connectivity index (χ0) is 14.7. The molecule has 0 aromatic heterocycles. The standard InChI is InChI=1S/C12H10F3NO3.ClH.2H2/c1-3-19-10(17)11(18,12(13,14)15)8-4-6-9(16-2)7-5-8;;;/h1,4-7,16,18H,2H3;3*1H. The Kier molecular flexibility index (Phi) is 5.88. The van der Waals surface area contributed by atoms with Gasteiger partial charge in [0.15, 0.2) is 0 Å². The molecule has 8 heteroatoms. The van der Waals surface area contributed by atoms with E-state index in [2.05, 4.69) is 16.5 Å². The molecule has 0 amide bonds. The molecule has 1 aromatic rings. The molecule has 0 aliphatic rings. The number of ether oxygens (including phenoxy) is 1. The first-order chi connectivity index (χ1) is 8.77. The van der Waals surface area contributed by atoms with Crippen LogP contribution in [-0.2, 0) is 15.1 Å². The van der Waals surface area contributed by atoms with Crippen molar-refractivity contribution in [2.24, 2.45) is 0 Å². The van der Waals surface area contributed by atoms with Crippen LogP contribution in [0.4, 0.5) is 18.9 Å². The van der Waals surface area contributed by atoms with Gasteiger partial charge in [0.2, 0.25) is 0 Å². The van der Waals surface area contributed by atoms with Crippen molar-refractivity contribution in [2.75, 3.05) is 12.4 Å². The van der Waals surface area contributed by atoms with Crippen molar-refractivity contribution < 1.29 is 30.7 Å². The topological polar surface area (TPSA) is 58.6 Å². The summed E-state index contributed by atoms with van der Waals surface area (Å²) < 4.78 is 42.6. The smallest absolute Gasteiger partial charge is 0.388 e. The van der Waals surface area contributed by atoms with Gasteiger partial charge < -0.3 is 15.2 Å². The van der Waals surface area contributed by atoms with E-state index in [9.17, 15) is 23.1 Å². The van der Waals surface area contributed by atoms with Crippen LogP contribution in [-0.4, -0.2) is 24.3 Å². The van der Waals surface area contributed by atoms with E-state index in [-0.39, 0.29) is 15.3 Å². The molecule has 4 nitrogen and oxygen atoms in total. The van der Waals surface area contributed by atoms with Crippen LogP contribution in [0.1, 0.15) is 8.42 Å². The highest BCUT2D eigenvalue weighted by Gasteiger charge is 2.62. The number of anilines is 1. The Labute approximate surface area is 122 Å². The Bertz CT molecular complexity index is 520. The average molecular weight is 314 g/mol. The van der Waals surface area contributed by atoms with Crippen LogP contribution >= 0.6 is 12.4 Å². The molecule has 1 rings (SSSR count). The van der Waals surface area contributed by atoms with Gasteiger partial charge in [0.05, 0.1) is 0 Å². The molecule has 0 aliphatic carbocycles. The molecule has 1 aromatic carbocycles. The molecule has 1 atom stereocenters. The van der Waals surface area contributed by atoms with Gasteiger partial charge in [-0.25, -0.2) is 4.79 Å². The van der Waals surface area contributed by atoms with E-state index in [1.165, 1.54) is 18.2 Å². The van der Waals surface area contributed by atoms with Crippen molar-refractivity contribution in [3.63, 3.8) is 0 Å². The monoisotopic (exact) mass is 313 g/mol. The van der Waals surface area contributed by atoms with Crippen LogP contribution < -0.4 is 5.32 Å². The van der Waals surface area contributed by atoms with Crippen molar-refractivity contribution in [2.45, 2.75) is 11.8 Å². The summed E-state index contributed by atoms with van der Waals surface area (Å²) in [5.74, 6) is -1.97. The first kappa shape index (κ1) is 18.1. The molecule has 0 spiro atoms. The van der Waals surface area contributed by atoms with Gasteiger partial charge >= 0.3 is 12.1 Å². The summed E-state index contributed by atoms with van der Waals surface area (Å²) in [4.78, 5) is 11.3. The first-order valence-electron chi connectivity index (χ1n) is 5.01. The second kappa shape index (κ2) is 6.50. The number of benzene rings is 1. The third-order valence-corrected chi connectivity index (χ3v) is 2.45. The number of alkyl halides is 3. The second-order valence-electron chi connectivity index (χ2n) is 3.54. The van der Waals surface area contributed by atoms with E-state index < -0.39 is 23.3 Å². The van der Waals surface area contributed by atoms with E-state index in [1.54, 1.807) is 7.05 Å². The number of esters is 1. The SMILES string of the molecule is C#COC(=O)C(O)(c1ccc(NC)cc1)C(F)(F)F.Cl.[HH].[HH]. The van der Waals surface area contributed by atoms with Gasteiger partial charge in [-0.2, -0.15) is 13.2 Å². The van der Waals surface area contributed by atoms with Gasteiger partial charge in [-0.3, -0.25) is 0 Å². The molecule has 114 valence electrons. The Morgan fingerprint density at radius 1 is 1.40 bits per heavy atom. The fraction of sp³-hybridized carbons (Fsp3) is 0.250. The third-order valence-electron chi connectivity index (χ3n) is 2.45. The maximum atomic E-state index is 12.9. The normalized spacial score (nSPS) is 13.4. The molecule has 0 fully saturated rings. The van der Waals surface area contributed by atoms with Crippen molar-refractivity contribution in [1.82, 2.24) is 0 Å². The summed E-state index contributed by atoms with van der Waals surface area (Å²) in [7, 11) is 1.57. The van der Waals surface area contributed by atoms with E-state index in [4.69, 9.17) is 0 Å². The number of aliphatic hydroxyl groups is 1. The fourth-order valence-electron chi connectivity index (χ4n) is 1.40. The van der Waals surface area contributed by atoms with Crippen molar-refractivity contribution in [3.8, 4) is 12.5 Å². The predicted molar refractivity (Wildman–Crippen MR) is 72.3 cm³/mol. The Balaban J connectivity index is -0.00000120. The molecule has 0 saturated carbocycles. The van der Waals surface area contributed by atoms with E-state index in [0.717, 1.165) is 12.1 Å². The fourth-order valence-corrected chi connectivity index (χ4v) is 1.40. The van der Waals surface area contributed by atoms with Crippen molar-refractivity contribution in [1.29, 1.82) is 0 Å². The second-order valence-corrected chi connectivity index (χ2v) is 3.54. The van der Waals surface area contributed by atoms with Crippen LogP contribution in [0.5, 0.6) is 0 Å². The van der Waals surface area contributed by atoms with Crippen molar-refractivity contribution >= 4 is 24.1 Å². The highest BCUT2D eigenvalue weighted by molar-refractivity contribution is 5.85. The van der Waals surface area contributed by atoms with Crippen molar-refractivity contribution in [3.05, 3.63) is 29.8 Å². The number of carbonyl (C=O) groups is 1. The van der Waals surface area contributed by atoms with Crippen LogP contribution in [0.25, 0.3) is 0 Å². The van der Waals surface area contributed by atoms with Gasteiger partial charge in [-0.05, 0) is 12.1 Å². The zero-order valence-electron chi connectivity index (χ0n) is 10.2. The largest absolute Gasteiger partial charge is 0.432 e. The third kappa shape index (κ3) is 3.15. The van der Waals surface area contributed by atoms with Crippen LogP contribution in [0.15, 0.2) is 24.3 Å². The number of terminal acetylenes is 1. The summed E-state index contributed by atoms with van der Waals surface area (Å²) in [6.07, 6.45) is 0.665. The quantitative estimate of drug-likeness (QED) is 0.665. The molecule has 20 heavy (non-hydrogen) atoms. The molecule has 0 bridgehead atoms. The van der Waals surface area contributed by atoms with Gasteiger partial charge in [0.25, 0.3) is 5.60 Å². The minimum Gasteiger partial charge on any atom is -0.388 e. The summed E-state index contributed by atoms with van der Waals surface area (Å²) in [5, 5.41) is 12.4. The predicted octanol–water partition coefficient (Wildman–Crippen LogP) is 2.53. The molecule has 0 saturated heterocycles. The lowest BCUT2D eigenvalue weighted by molar-refractivity contribution is -0.265. The molecular weight excluding hydrogens is 299 g/mol. The first-order valence-corrected chi connectivity index (χ1v) is 5.01. The molecule has 0 radical (unpaired) electrons. The highest BCUT2D eigenvalue weighted by atomic mass is 35.5. The Morgan fingerprint density at radius 3 is 2.25 bits per heavy atom. The van der Waals surface area contributed by atoms with Gasteiger partial charge in [0, 0.05) is 21.2 Å². The average Bonchev–Trinajstić information content (AvgIpc) is 2.36. The molecule has 1 unspecified atom stereocenters. The maximum Gasteiger partial charge on any atom is 0.432 e. The number of halogens is 4. The lowest BCUT2D eigenvalue weighted by atomic mass is 9.93. The summed E-state index contributed by atoms with van der Waals surface area (Å²) >= 11 is 0. The highest BCUT2D eigenvalue weighted by Crippen LogP contribution is 2.40. The zero-order valence-corrected chi connectivity index (χ0v) is 11.0. The lowest BCUT2D eigenvalue weighted by Crippen LogP contribution is -2.49. The lowest BCUT2D eigenvalue weighted by Gasteiger charge is -2.27. The van der Waals surface area contributed by atoms with Crippen LogP contribution in [0, 0.1) is 12.5 Å².